The standard InChI is InChI=1S/C26H21Cl2N3O6S/c1-3-37-16-8-9-20(19(27)13-16)29-26(33)18-12-15-6-4-5-7-17(15)24(25(18)32)31-30-21-10-11-22(38(34,35)36)14(2)23(21)28/h4-13,32H,3H2,1-2H3,(H,29,33)(H,34,35,36). The lowest BCUT2D eigenvalue weighted by Gasteiger charge is -2.13. The molecule has 38 heavy (non-hydrogen) atoms. The lowest BCUT2D eigenvalue weighted by atomic mass is 10.0. The van der Waals surface area contributed by atoms with Crippen LogP contribution >= 0.6 is 23.2 Å². The van der Waals surface area contributed by atoms with Gasteiger partial charge in [0.25, 0.3) is 16.0 Å². The van der Waals surface area contributed by atoms with Gasteiger partial charge in [0.1, 0.15) is 17.1 Å². The number of carbonyl (C=O) groups is 1. The molecule has 12 heteroatoms. The van der Waals surface area contributed by atoms with Crippen molar-refractivity contribution < 1.29 is 27.6 Å². The highest BCUT2D eigenvalue weighted by molar-refractivity contribution is 7.85. The second-order valence-corrected chi connectivity index (χ2v) is 10.2. The average molecular weight is 574 g/mol. The van der Waals surface area contributed by atoms with E-state index in [0.29, 0.717) is 28.8 Å². The molecule has 0 fully saturated rings. The maximum absolute atomic E-state index is 13.2. The molecule has 0 unspecified atom stereocenters. The number of hydrogen-bond donors (Lipinski definition) is 3. The maximum Gasteiger partial charge on any atom is 0.294 e. The highest BCUT2D eigenvalue weighted by Gasteiger charge is 2.21. The van der Waals surface area contributed by atoms with Crippen LogP contribution in [0.3, 0.4) is 0 Å². The number of ether oxygens (including phenoxy) is 1. The molecule has 4 aromatic carbocycles. The third-order valence-corrected chi connectivity index (χ3v) is 7.38. The van der Waals surface area contributed by atoms with E-state index < -0.39 is 21.8 Å². The Morgan fingerprint density at radius 1 is 1.05 bits per heavy atom. The van der Waals surface area contributed by atoms with E-state index in [0.717, 1.165) is 6.07 Å². The van der Waals surface area contributed by atoms with Gasteiger partial charge in [0, 0.05) is 11.5 Å². The van der Waals surface area contributed by atoms with Crippen molar-refractivity contribution in [3.63, 3.8) is 0 Å². The molecule has 0 aromatic heterocycles. The zero-order valence-corrected chi connectivity index (χ0v) is 22.4. The van der Waals surface area contributed by atoms with Crippen LogP contribution in [-0.2, 0) is 10.1 Å². The van der Waals surface area contributed by atoms with Gasteiger partial charge in [-0.15, -0.1) is 10.2 Å². The Hall–Kier alpha value is -3.70. The smallest absolute Gasteiger partial charge is 0.294 e. The molecule has 0 atom stereocenters. The molecule has 4 rings (SSSR count). The summed E-state index contributed by atoms with van der Waals surface area (Å²) in [6.45, 7) is 3.71. The van der Waals surface area contributed by atoms with E-state index in [2.05, 4.69) is 15.5 Å². The molecule has 1 amide bonds. The van der Waals surface area contributed by atoms with Crippen LogP contribution in [0.1, 0.15) is 22.8 Å². The minimum absolute atomic E-state index is 0.00128. The SMILES string of the molecule is CCOc1ccc(NC(=O)c2cc3ccccc3c(N=Nc3ccc(S(=O)(=O)O)c(C)c3Cl)c2O)c(Cl)c1. The summed E-state index contributed by atoms with van der Waals surface area (Å²) >= 11 is 12.6. The molecule has 3 N–H and O–H groups in total. The fraction of sp³-hybridized carbons (Fsp3) is 0.115. The molecule has 0 aliphatic carbocycles. The summed E-state index contributed by atoms with van der Waals surface area (Å²) in [6.07, 6.45) is 0. The Labute approximate surface area is 228 Å². The first-order valence-electron chi connectivity index (χ1n) is 11.2. The normalized spacial score (nSPS) is 11.7. The Balaban J connectivity index is 1.75. The molecule has 0 aliphatic heterocycles. The van der Waals surface area contributed by atoms with Crippen molar-refractivity contribution in [1.82, 2.24) is 0 Å². The van der Waals surface area contributed by atoms with Crippen molar-refractivity contribution in [3.8, 4) is 11.5 Å². The number of phenolic OH excluding ortho intramolecular Hbond substituents is 1. The molecule has 0 radical (unpaired) electrons. The summed E-state index contributed by atoms with van der Waals surface area (Å²) in [5.41, 5.74) is 0.415. The van der Waals surface area contributed by atoms with E-state index in [1.54, 1.807) is 42.5 Å². The summed E-state index contributed by atoms with van der Waals surface area (Å²) in [5.74, 6) is -0.526. The van der Waals surface area contributed by atoms with Gasteiger partial charge < -0.3 is 15.2 Å². The van der Waals surface area contributed by atoms with Gasteiger partial charge in [-0.3, -0.25) is 9.35 Å². The zero-order chi connectivity index (χ0) is 27.6. The van der Waals surface area contributed by atoms with Crippen LogP contribution in [0.15, 0.2) is 75.8 Å². The second kappa shape index (κ2) is 11.0. The third kappa shape index (κ3) is 5.58. The highest BCUT2D eigenvalue weighted by Crippen LogP contribution is 2.41. The monoisotopic (exact) mass is 573 g/mol. The molecular weight excluding hydrogens is 553 g/mol. The third-order valence-electron chi connectivity index (χ3n) is 5.59. The zero-order valence-electron chi connectivity index (χ0n) is 20.1. The van der Waals surface area contributed by atoms with E-state index in [1.165, 1.54) is 19.1 Å². The molecule has 0 bridgehead atoms. The number of rotatable bonds is 7. The molecule has 9 nitrogen and oxygen atoms in total. The highest BCUT2D eigenvalue weighted by atomic mass is 35.5. The number of aromatic hydroxyl groups is 1. The van der Waals surface area contributed by atoms with Crippen LogP contribution in [0.5, 0.6) is 11.5 Å². The van der Waals surface area contributed by atoms with E-state index in [-0.39, 0.29) is 37.4 Å². The van der Waals surface area contributed by atoms with Crippen LogP contribution in [0.25, 0.3) is 10.8 Å². The van der Waals surface area contributed by atoms with E-state index in [9.17, 15) is 22.9 Å². The summed E-state index contributed by atoms with van der Waals surface area (Å²) in [5, 5.41) is 23.3. The Kier molecular flexibility index (Phi) is 7.89. The van der Waals surface area contributed by atoms with Gasteiger partial charge in [-0.05, 0) is 55.1 Å². The molecule has 0 heterocycles. The lowest BCUT2D eigenvalue weighted by Crippen LogP contribution is -2.12. The van der Waals surface area contributed by atoms with Crippen molar-refractivity contribution in [2.24, 2.45) is 10.2 Å². The molecule has 0 saturated carbocycles. The number of carbonyl (C=O) groups excluding carboxylic acids is 1. The van der Waals surface area contributed by atoms with Gasteiger partial charge >= 0.3 is 0 Å². The second-order valence-electron chi connectivity index (χ2n) is 8.07. The number of hydrogen-bond acceptors (Lipinski definition) is 7. The number of phenols is 1. The first kappa shape index (κ1) is 27.3. The van der Waals surface area contributed by atoms with Gasteiger partial charge in [-0.2, -0.15) is 8.42 Å². The summed E-state index contributed by atoms with van der Waals surface area (Å²) in [4.78, 5) is 12.8. The Morgan fingerprint density at radius 3 is 2.47 bits per heavy atom. The predicted octanol–water partition coefficient (Wildman–Crippen LogP) is 7.47. The fourth-order valence-corrected chi connectivity index (χ4v) is 4.95. The van der Waals surface area contributed by atoms with Crippen molar-refractivity contribution in [1.29, 1.82) is 0 Å². The fourth-order valence-electron chi connectivity index (χ4n) is 3.75. The quantitative estimate of drug-likeness (QED) is 0.155. The predicted molar refractivity (Wildman–Crippen MR) is 146 cm³/mol. The Morgan fingerprint density at radius 2 is 1.79 bits per heavy atom. The largest absolute Gasteiger partial charge is 0.505 e. The van der Waals surface area contributed by atoms with Crippen molar-refractivity contribution in [2.45, 2.75) is 18.7 Å². The minimum atomic E-state index is -4.48. The molecule has 0 aliphatic rings. The molecule has 0 saturated heterocycles. The van der Waals surface area contributed by atoms with E-state index in [1.807, 2.05) is 6.92 Å². The van der Waals surface area contributed by atoms with Gasteiger partial charge in [0.05, 0.1) is 32.8 Å². The number of fused-ring (bicyclic) bond motifs is 1. The summed E-state index contributed by atoms with van der Waals surface area (Å²) in [6, 6.07) is 15.7. The van der Waals surface area contributed by atoms with Gasteiger partial charge in [-0.1, -0.05) is 47.5 Å². The van der Waals surface area contributed by atoms with E-state index >= 15 is 0 Å². The first-order chi connectivity index (χ1) is 18.0. The summed E-state index contributed by atoms with van der Waals surface area (Å²) in [7, 11) is -4.48. The van der Waals surface area contributed by atoms with Crippen LogP contribution in [0.2, 0.25) is 10.0 Å². The molecule has 196 valence electrons. The number of nitrogens with zero attached hydrogens (tertiary/aromatic N) is 2. The average Bonchev–Trinajstić information content (AvgIpc) is 2.86. The van der Waals surface area contributed by atoms with Crippen LogP contribution < -0.4 is 10.1 Å². The van der Waals surface area contributed by atoms with E-state index in [4.69, 9.17) is 27.9 Å². The Bertz CT molecular complexity index is 1710. The molecular formula is C26H21Cl2N3O6S. The van der Waals surface area contributed by atoms with Crippen LogP contribution in [0, 0.1) is 6.92 Å². The van der Waals surface area contributed by atoms with Crippen LogP contribution in [-0.4, -0.2) is 30.6 Å². The van der Waals surface area contributed by atoms with Crippen molar-refractivity contribution >= 4 is 67.1 Å². The van der Waals surface area contributed by atoms with Crippen LogP contribution in [0.4, 0.5) is 17.1 Å². The maximum atomic E-state index is 13.2. The number of halogens is 2. The summed E-state index contributed by atoms with van der Waals surface area (Å²) < 4.78 is 37.9. The van der Waals surface area contributed by atoms with Crippen molar-refractivity contribution in [2.75, 3.05) is 11.9 Å². The van der Waals surface area contributed by atoms with Gasteiger partial charge in [0.2, 0.25) is 0 Å². The minimum Gasteiger partial charge on any atom is -0.505 e. The first-order valence-corrected chi connectivity index (χ1v) is 13.4. The number of amides is 1. The number of nitrogens with one attached hydrogen (secondary N) is 1. The van der Waals surface area contributed by atoms with Gasteiger partial charge in [-0.25, -0.2) is 0 Å². The lowest BCUT2D eigenvalue weighted by molar-refractivity contribution is 0.102. The number of anilines is 1. The van der Waals surface area contributed by atoms with Crippen molar-refractivity contribution in [3.05, 3.63) is 81.8 Å². The molecule has 0 spiro atoms. The molecule has 4 aromatic rings. The topological polar surface area (TPSA) is 138 Å². The number of benzene rings is 4. The number of azo groups is 1. The van der Waals surface area contributed by atoms with Gasteiger partial charge in [0.15, 0.2) is 5.75 Å².